The predicted molar refractivity (Wildman–Crippen MR) is 127 cm³/mol. The molecule has 7 heteroatoms. The van der Waals surface area contributed by atoms with Crippen LogP contribution in [0.1, 0.15) is 35.2 Å². The lowest BCUT2D eigenvalue weighted by atomic mass is 9.90. The molecule has 1 heterocycles. The number of methoxy groups -OCH3 is 2. The summed E-state index contributed by atoms with van der Waals surface area (Å²) in [5, 5.41) is 2.95. The molecule has 3 aromatic carbocycles. The summed E-state index contributed by atoms with van der Waals surface area (Å²) >= 11 is 0. The van der Waals surface area contributed by atoms with Crippen LogP contribution in [0.5, 0.6) is 11.5 Å². The molecule has 0 aromatic heterocycles. The number of nitrogens with zero attached hydrogens (tertiary/aromatic N) is 2. The normalized spacial score (nSPS) is 15.0. The molecule has 1 atom stereocenters. The number of amides is 1. The van der Waals surface area contributed by atoms with Crippen molar-refractivity contribution >= 4 is 28.8 Å². The molecule has 4 rings (SSSR count). The van der Waals surface area contributed by atoms with Crippen molar-refractivity contribution in [3.8, 4) is 11.5 Å². The smallest absolute Gasteiger partial charge is 0.256 e. The molecule has 0 saturated carbocycles. The van der Waals surface area contributed by atoms with Gasteiger partial charge in [-0.1, -0.05) is 25.1 Å². The van der Waals surface area contributed by atoms with Gasteiger partial charge in [0, 0.05) is 11.3 Å². The molecule has 6 nitrogen and oxygen atoms in total. The van der Waals surface area contributed by atoms with Crippen molar-refractivity contribution in [2.24, 2.45) is 9.98 Å². The molecule has 33 heavy (non-hydrogen) atoms. The molecular weight excluding hydrogens is 421 g/mol. The van der Waals surface area contributed by atoms with Gasteiger partial charge in [0.1, 0.15) is 11.7 Å². The Morgan fingerprint density at radius 3 is 2.24 bits per heavy atom. The zero-order valence-corrected chi connectivity index (χ0v) is 18.6. The van der Waals surface area contributed by atoms with Crippen LogP contribution < -0.4 is 14.8 Å². The average molecular weight is 445 g/mol. The third kappa shape index (κ3) is 4.62. The number of aliphatic imine (C=N–C) groups is 2. The fourth-order valence-corrected chi connectivity index (χ4v) is 3.78. The molecule has 168 valence electrons. The van der Waals surface area contributed by atoms with E-state index in [0.29, 0.717) is 35.0 Å². The van der Waals surface area contributed by atoms with E-state index in [1.165, 1.54) is 24.3 Å². The number of carbonyl (C=O) groups is 1. The molecule has 1 aliphatic heterocycles. The molecule has 0 saturated heterocycles. The average Bonchev–Trinajstić information content (AvgIpc) is 3.00. The van der Waals surface area contributed by atoms with E-state index in [2.05, 4.69) is 5.32 Å². The first-order valence-corrected chi connectivity index (χ1v) is 10.6. The SMILES string of the molecule is CCC1=Nc2ccccc2N=C(NC(=O)c2ccc(F)cc2)[C@H]1c1ccc(OC)c(OC)c1. The van der Waals surface area contributed by atoms with Crippen LogP contribution in [0.4, 0.5) is 15.8 Å². The van der Waals surface area contributed by atoms with Gasteiger partial charge in [0.2, 0.25) is 0 Å². The third-order valence-corrected chi connectivity index (χ3v) is 5.44. The standard InChI is InChI=1S/C26H24FN3O3/c1-4-19-24(17-11-14-22(32-2)23(15-17)33-3)25(29-21-8-6-5-7-20(21)28-19)30-26(31)16-9-12-18(27)13-10-16/h5-15,24H,4H2,1-3H3,(H,29,30,31)/t24-/m0/s1. The van der Waals surface area contributed by atoms with Crippen LogP contribution in [-0.2, 0) is 0 Å². The van der Waals surface area contributed by atoms with Gasteiger partial charge in [-0.25, -0.2) is 9.38 Å². The summed E-state index contributed by atoms with van der Waals surface area (Å²) in [7, 11) is 3.15. The molecule has 0 unspecified atom stereocenters. The molecule has 0 aliphatic carbocycles. The second kappa shape index (κ2) is 9.65. The predicted octanol–water partition coefficient (Wildman–Crippen LogP) is 5.58. The molecule has 0 radical (unpaired) electrons. The molecule has 1 amide bonds. The summed E-state index contributed by atoms with van der Waals surface area (Å²) in [4.78, 5) is 22.7. The van der Waals surface area contributed by atoms with Gasteiger partial charge in [-0.15, -0.1) is 0 Å². The summed E-state index contributed by atoms with van der Waals surface area (Å²) in [6.45, 7) is 2.01. The maximum atomic E-state index is 13.3. The Balaban J connectivity index is 1.83. The van der Waals surface area contributed by atoms with E-state index >= 15 is 0 Å². The highest BCUT2D eigenvalue weighted by molar-refractivity contribution is 6.19. The Morgan fingerprint density at radius 2 is 1.61 bits per heavy atom. The lowest BCUT2D eigenvalue weighted by Gasteiger charge is -2.22. The Labute approximate surface area is 191 Å². The first-order valence-electron chi connectivity index (χ1n) is 10.6. The number of amidine groups is 1. The minimum absolute atomic E-state index is 0.331. The summed E-state index contributed by atoms with van der Waals surface area (Å²) in [5.74, 6) is 0.386. The van der Waals surface area contributed by atoms with E-state index in [1.807, 2.05) is 49.4 Å². The van der Waals surface area contributed by atoms with Crippen LogP contribution in [0.25, 0.3) is 0 Å². The summed E-state index contributed by atoms with van der Waals surface area (Å²) in [6, 6.07) is 18.5. The molecule has 0 bridgehead atoms. The van der Waals surface area contributed by atoms with Crippen molar-refractivity contribution in [1.29, 1.82) is 0 Å². The second-order valence-corrected chi connectivity index (χ2v) is 7.45. The van der Waals surface area contributed by atoms with Crippen molar-refractivity contribution in [1.82, 2.24) is 5.32 Å². The summed E-state index contributed by atoms with van der Waals surface area (Å²) < 4.78 is 24.2. The van der Waals surface area contributed by atoms with E-state index < -0.39 is 11.7 Å². The first kappa shape index (κ1) is 22.2. The van der Waals surface area contributed by atoms with E-state index in [1.54, 1.807) is 14.2 Å². The van der Waals surface area contributed by atoms with Crippen molar-refractivity contribution < 1.29 is 18.7 Å². The van der Waals surface area contributed by atoms with E-state index in [-0.39, 0.29) is 5.91 Å². The van der Waals surface area contributed by atoms with Crippen molar-refractivity contribution in [3.05, 3.63) is 83.7 Å². The van der Waals surface area contributed by atoms with E-state index in [4.69, 9.17) is 19.5 Å². The highest BCUT2D eigenvalue weighted by atomic mass is 19.1. The Kier molecular flexibility index (Phi) is 6.49. The zero-order chi connectivity index (χ0) is 23.4. The van der Waals surface area contributed by atoms with Gasteiger partial charge >= 0.3 is 0 Å². The highest BCUT2D eigenvalue weighted by Gasteiger charge is 2.29. The van der Waals surface area contributed by atoms with Gasteiger partial charge in [0.25, 0.3) is 5.91 Å². The maximum absolute atomic E-state index is 13.3. The minimum Gasteiger partial charge on any atom is -0.493 e. The van der Waals surface area contributed by atoms with Crippen LogP contribution in [0.3, 0.4) is 0 Å². The Hall–Kier alpha value is -4.00. The van der Waals surface area contributed by atoms with Crippen molar-refractivity contribution in [2.45, 2.75) is 19.3 Å². The van der Waals surface area contributed by atoms with Gasteiger partial charge in [-0.05, 0) is 60.5 Å². The Morgan fingerprint density at radius 1 is 0.939 bits per heavy atom. The number of nitrogens with one attached hydrogen (secondary N) is 1. The fraction of sp³-hybridized carbons (Fsp3) is 0.192. The number of halogens is 1. The summed E-state index contributed by atoms with van der Waals surface area (Å²) in [5.41, 5.74) is 3.40. The topological polar surface area (TPSA) is 72.3 Å². The molecule has 0 fully saturated rings. The van der Waals surface area contributed by atoms with Crippen LogP contribution in [0, 0.1) is 5.82 Å². The molecule has 1 N–H and O–H groups in total. The van der Waals surface area contributed by atoms with Crippen molar-refractivity contribution in [3.63, 3.8) is 0 Å². The van der Waals surface area contributed by atoms with Gasteiger partial charge < -0.3 is 14.8 Å². The highest BCUT2D eigenvalue weighted by Crippen LogP contribution is 2.37. The minimum atomic E-state index is -0.424. The molecule has 3 aromatic rings. The van der Waals surface area contributed by atoms with Crippen LogP contribution in [0.15, 0.2) is 76.7 Å². The molecule has 0 spiro atoms. The van der Waals surface area contributed by atoms with Gasteiger partial charge in [-0.2, -0.15) is 0 Å². The maximum Gasteiger partial charge on any atom is 0.256 e. The van der Waals surface area contributed by atoms with Crippen molar-refractivity contribution in [2.75, 3.05) is 14.2 Å². The van der Waals surface area contributed by atoms with Crippen LogP contribution in [-0.4, -0.2) is 31.7 Å². The largest absolute Gasteiger partial charge is 0.493 e. The van der Waals surface area contributed by atoms with Gasteiger partial charge in [0.05, 0.1) is 31.5 Å². The number of fused-ring (bicyclic) bond motifs is 1. The zero-order valence-electron chi connectivity index (χ0n) is 18.6. The number of carbonyl (C=O) groups excluding carboxylic acids is 1. The quantitative estimate of drug-likeness (QED) is 0.557. The number of para-hydroxylation sites is 2. The monoisotopic (exact) mass is 445 g/mol. The van der Waals surface area contributed by atoms with Crippen LogP contribution >= 0.6 is 0 Å². The van der Waals surface area contributed by atoms with Crippen LogP contribution in [0.2, 0.25) is 0 Å². The fourth-order valence-electron chi connectivity index (χ4n) is 3.78. The number of benzene rings is 3. The first-order chi connectivity index (χ1) is 16.0. The second-order valence-electron chi connectivity index (χ2n) is 7.45. The number of hydrogen-bond donors (Lipinski definition) is 1. The van der Waals surface area contributed by atoms with E-state index in [9.17, 15) is 9.18 Å². The third-order valence-electron chi connectivity index (χ3n) is 5.44. The molecular formula is C26H24FN3O3. The van der Waals surface area contributed by atoms with Gasteiger partial charge in [0.15, 0.2) is 11.5 Å². The number of ether oxygens (including phenoxy) is 2. The van der Waals surface area contributed by atoms with E-state index in [0.717, 1.165) is 17.0 Å². The summed E-state index contributed by atoms with van der Waals surface area (Å²) in [6.07, 6.45) is 0.638. The lowest BCUT2D eigenvalue weighted by Crippen LogP contribution is -2.37. The molecule has 1 aliphatic rings. The number of rotatable bonds is 5. The van der Waals surface area contributed by atoms with Gasteiger partial charge in [-0.3, -0.25) is 9.79 Å². The Bertz CT molecular complexity index is 1240. The number of hydrogen-bond acceptors (Lipinski definition) is 5. The lowest BCUT2D eigenvalue weighted by molar-refractivity contribution is 0.0976.